The minimum absolute atomic E-state index is 1.10. The summed E-state index contributed by atoms with van der Waals surface area (Å²) in [5.41, 5.74) is 12.9. The van der Waals surface area contributed by atoms with Gasteiger partial charge < -0.3 is 4.90 Å². The predicted octanol–water partition coefficient (Wildman–Crippen LogP) is 16.4. The Bertz CT molecular complexity index is 3290. The zero-order valence-corrected chi connectivity index (χ0v) is 32.5. The van der Waals surface area contributed by atoms with Crippen LogP contribution in [0, 0.1) is 0 Å². The topological polar surface area (TPSA) is 3.24 Å². The first-order chi connectivity index (χ1) is 29.2. The third-order valence-corrected chi connectivity index (χ3v) is 11.9. The van der Waals surface area contributed by atoms with E-state index >= 15 is 0 Å². The van der Waals surface area contributed by atoms with Crippen molar-refractivity contribution in [3.63, 3.8) is 0 Å². The highest BCUT2D eigenvalue weighted by atomic mass is 15.1. The molecule has 0 aliphatic rings. The summed E-state index contributed by atoms with van der Waals surface area (Å²) < 4.78 is 0. The Morgan fingerprint density at radius 3 is 1.41 bits per heavy atom. The smallest absolute Gasteiger partial charge is 0.0467 e. The first-order valence-electron chi connectivity index (χ1n) is 20.3. The third kappa shape index (κ3) is 6.40. The van der Waals surface area contributed by atoms with Crippen LogP contribution in [0.3, 0.4) is 0 Å². The van der Waals surface area contributed by atoms with Crippen LogP contribution in [-0.2, 0) is 0 Å². The van der Waals surface area contributed by atoms with Gasteiger partial charge in [0.15, 0.2) is 0 Å². The zero-order chi connectivity index (χ0) is 39.1. The summed E-state index contributed by atoms with van der Waals surface area (Å²) >= 11 is 0. The molecule has 59 heavy (non-hydrogen) atoms. The molecule has 11 aromatic carbocycles. The molecular weight excluding hydrogens is 711 g/mol. The van der Waals surface area contributed by atoms with Gasteiger partial charge in [-0.1, -0.05) is 194 Å². The van der Waals surface area contributed by atoms with E-state index in [1.807, 2.05) is 0 Å². The lowest BCUT2D eigenvalue weighted by Crippen LogP contribution is -2.10. The van der Waals surface area contributed by atoms with E-state index in [0.29, 0.717) is 0 Å². The van der Waals surface area contributed by atoms with E-state index in [9.17, 15) is 0 Å². The molecule has 0 spiro atoms. The Morgan fingerprint density at radius 1 is 0.203 bits per heavy atom. The summed E-state index contributed by atoms with van der Waals surface area (Å²) in [6.45, 7) is 0. The van der Waals surface area contributed by atoms with Crippen molar-refractivity contribution in [1.29, 1.82) is 0 Å². The normalized spacial score (nSPS) is 11.4. The van der Waals surface area contributed by atoms with Gasteiger partial charge in [-0.15, -0.1) is 0 Å². The fourth-order valence-electron chi connectivity index (χ4n) is 8.83. The van der Waals surface area contributed by atoms with Crippen LogP contribution in [0.1, 0.15) is 0 Å². The number of nitrogens with zero attached hydrogens (tertiary/aromatic N) is 1. The monoisotopic (exact) mass is 749 g/mol. The summed E-state index contributed by atoms with van der Waals surface area (Å²) in [5.74, 6) is 0. The highest BCUT2D eigenvalue weighted by Gasteiger charge is 2.15. The summed E-state index contributed by atoms with van der Waals surface area (Å²) in [6, 6.07) is 86.2. The second kappa shape index (κ2) is 14.6. The standard InChI is InChI=1S/C58H39N/c1-2-10-40(11-3-1)43-26-31-50(32-27-43)59(52-16-8-15-48(39-52)49-25-22-41-12-4-5-14-47(41)38-49)51-33-28-44(29-34-51)42-20-23-46(24-21-42)54-18-9-19-55-56(54)36-37-57-53-17-7-6-13-45(53)30-35-58(55)57/h1-39H. The van der Waals surface area contributed by atoms with Crippen molar-refractivity contribution in [2.75, 3.05) is 4.90 Å². The molecule has 276 valence electrons. The van der Waals surface area contributed by atoms with Gasteiger partial charge in [-0.3, -0.25) is 0 Å². The molecule has 0 radical (unpaired) electrons. The minimum atomic E-state index is 1.10. The van der Waals surface area contributed by atoms with E-state index in [0.717, 1.165) is 17.1 Å². The van der Waals surface area contributed by atoms with Crippen molar-refractivity contribution in [3.8, 4) is 44.5 Å². The third-order valence-electron chi connectivity index (χ3n) is 11.9. The first kappa shape index (κ1) is 34.5. The fourth-order valence-corrected chi connectivity index (χ4v) is 8.83. The van der Waals surface area contributed by atoms with E-state index < -0.39 is 0 Å². The molecule has 11 aromatic rings. The zero-order valence-electron chi connectivity index (χ0n) is 32.5. The molecule has 0 aromatic heterocycles. The lowest BCUT2D eigenvalue weighted by molar-refractivity contribution is 1.28. The number of rotatable bonds is 7. The van der Waals surface area contributed by atoms with Crippen LogP contribution in [0.25, 0.3) is 87.6 Å². The van der Waals surface area contributed by atoms with Gasteiger partial charge >= 0.3 is 0 Å². The Kier molecular flexibility index (Phi) is 8.56. The molecule has 0 aliphatic carbocycles. The van der Waals surface area contributed by atoms with Crippen LogP contribution in [0.15, 0.2) is 237 Å². The number of fused-ring (bicyclic) bond motifs is 6. The molecule has 0 amide bonds. The van der Waals surface area contributed by atoms with Crippen molar-refractivity contribution >= 4 is 60.2 Å². The molecule has 0 unspecified atom stereocenters. The molecule has 0 bridgehead atoms. The quantitative estimate of drug-likeness (QED) is 0.147. The molecular formula is C58H39N. The second-order valence-electron chi connectivity index (χ2n) is 15.3. The van der Waals surface area contributed by atoms with Gasteiger partial charge in [0.1, 0.15) is 0 Å². The Labute approximate surface area is 344 Å². The largest absolute Gasteiger partial charge is 0.310 e. The Hall–Kier alpha value is -7.74. The number of anilines is 3. The minimum Gasteiger partial charge on any atom is -0.310 e. The van der Waals surface area contributed by atoms with Crippen molar-refractivity contribution in [2.24, 2.45) is 0 Å². The van der Waals surface area contributed by atoms with Crippen LogP contribution in [0.5, 0.6) is 0 Å². The highest BCUT2D eigenvalue weighted by molar-refractivity contribution is 6.19. The van der Waals surface area contributed by atoms with Crippen LogP contribution in [0.2, 0.25) is 0 Å². The summed E-state index contributed by atoms with van der Waals surface area (Å²) in [5, 5.41) is 10.2. The van der Waals surface area contributed by atoms with Gasteiger partial charge in [0, 0.05) is 17.1 Å². The molecule has 0 fully saturated rings. The molecule has 11 rings (SSSR count). The van der Waals surface area contributed by atoms with E-state index in [1.165, 1.54) is 87.6 Å². The van der Waals surface area contributed by atoms with Gasteiger partial charge in [0.25, 0.3) is 0 Å². The SMILES string of the molecule is c1ccc(-c2ccc(N(c3ccc(-c4ccc(-c5cccc6c5ccc5c7ccccc7ccc65)cc4)cc3)c3cccc(-c4ccc5ccccc5c4)c3)cc2)cc1. The summed E-state index contributed by atoms with van der Waals surface area (Å²) in [6.07, 6.45) is 0. The molecule has 0 atom stereocenters. The molecule has 1 nitrogen and oxygen atoms in total. The number of benzene rings is 11. The van der Waals surface area contributed by atoms with Crippen LogP contribution in [0.4, 0.5) is 17.1 Å². The van der Waals surface area contributed by atoms with Crippen LogP contribution in [-0.4, -0.2) is 0 Å². The predicted molar refractivity (Wildman–Crippen MR) is 253 cm³/mol. The summed E-state index contributed by atoms with van der Waals surface area (Å²) in [4.78, 5) is 2.36. The van der Waals surface area contributed by atoms with E-state index in [1.54, 1.807) is 0 Å². The van der Waals surface area contributed by atoms with Gasteiger partial charge in [-0.2, -0.15) is 0 Å². The van der Waals surface area contributed by atoms with Crippen molar-refractivity contribution in [3.05, 3.63) is 237 Å². The Morgan fingerprint density at radius 2 is 0.661 bits per heavy atom. The maximum atomic E-state index is 2.36. The van der Waals surface area contributed by atoms with Gasteiger partial charge in [-0.25, -0.2) is 0 Å². The molecule has 0 saturated heterocycles. The van der Waals surface area contributed by atoms with Crippen LogP contribution >= 0.6 is 0 Å². The number of hydrogen-bond acceptors (Lipinski definition) is 1. The van der Waals surface area contributed by atoms with Crippen LogP contribution < -0.4 is 4.90 Å². The van der Waals surface area contributed by atoms with Crippen molar-refractivity contribution in [2.45, 2.75) is 0 Å². The molecule has 0 heterocycles. The summed E-state index contributed by atoms with van der Waals surface area (Å²) in [7, 11) is 0. The van der Waals surface area contributed by atoms with E-state index in [2.05, 4.69) is 241 Å². The first-order valence-corrected chi connectivity index (χ1v) is 20.3. The molecule has 1 heteroatoms. The van der Waals surface area contributed by atoms with Crippen molar-refractivity contribution < 1.29 is 0 Å². The van der Waals surface area contributed by atoms with E-state index in [-0.39, 0.29) is 0 Å². The lowest BCUT2D eigenvalue weighted by atomic mass is 9.92. The molecule has 0 aliphatic heterocycles. The number of hydrogen-bond donors (Lipinski definition) is 0. The molecule has 0 saturated carbocycles. The van der Waals surface area contributed by atoms with Gasteiger partial charge in [0.2, 0.25) is 0 Å². The van der Waals surface area contributed by atoms with Crippen molar-refractivity contribution in [1.82, 2.24) is 0 Å². The van der Waals surface area contributed by atoms with Gasteiger partial charge in [0.05, 0.1) is 0 Å². The average molecular weight is 750 g/mol. The molecule has 0 N–H and O–H groups in total. The highest BCUT2D eigenvalue weighted by Crippen LogP contribution is 2.40. The Balaban J connectivity index is 0.933. The van der Waals surface area contributed by atoms with E-state index in [4.69, 9.17) is 0 Å². The maximum absolute atomic E-state index is 2.36. The second-order valence-corrected chi connectivity index (χ2v) is 15.3. The average Bonchev–Trinajstić information content (AvgIpc) is 3.32. The maximum Gasteiger partial charge on any atom is 0.0467 e. The lowest BCUT2D eigenvalue weighted by Gasteiger charge is -2.26. The van der Waals surface area contributed by atoms with Gasteiger partial charge in [-0.05, 0) is 130 Å². The fraction of sp³-hybridized carbons (Fsp3) is 0.